The highest BCUT2D eigenvalue weighted by molar-refractivity contribution is 6.36. The van der Waals surface area contributed by atoms with E-state index in [-0.39, 0.29) is 12.3 Å². The number of unbranched alkanes of at least 4 members (excludes halogenated alkanes) is 2. The fourth-order valence-electron chi connectivity index (χ4n) is 2.97. The second-order valence-corrected chi connectivity index (χ2v) is 7.00. The maximum Gasteiger partial charge on any atom is 0.224 e. The van der Waals surface area contributed by atoms with Crippen LogP contribution in [0.15, 0.2) is 18.2 Å². The fourth-order valence-corrected chi connectivity index (χ4v) is 3.50. The SMILES string of the molecule is O=C(Cc1c(Cl)cccc1Cl)NCCCCCN1CCCCC1. The Morgan fingerprint density at radius 2 is 1.74 bits per heavy atom. The van der Waals surface area contributed by atoms with Crippen LogP contribution < -0.4 is 5.32 Å². The molecule has 1 fully saturated rings. The molecule has 0 spiro atoms. The number of nitrogens with one attached hydrogen (secondary N) is 1. The molecule has 0 saturated carbocycles. The molecule has 1 saturated heterocycles. The number of halogens is 2. The summed E-state index contributed by atoms with van der Waals surface area (Å²) < 4.78 is 0. The summed E-state index contributed by atoms with van der Waals surface area (Å²) in [6.45, 7) is 4.44. The highest BCUT2D eigenvalue weighted by atomic mass is 35.5. The average molecular weight is 357 g/mol. The maximum absolute atomic E-state index is 12.0. The minimum absolute atomic E-state index is 0.0176. The topological polar surface area (TPSA) is 32.3 Å². The first-order valence-electron chi connectivity index (χ1n) is 8.59. The van der Waals surface area contributed by atoms with Gasteiger partial charge >= 0.3 is 0 Å². The number of hydrogen-bond donors (Lipinski definition) is 1. The Labute approximate surface area is 149 Å². The Bertz CT molecular complexity index is 482. The first-order chi connectivity index (χ1) is 11.2. The molecule has 1 aromatic rings. The summed E-state index contributed by atoms with van der Waals surface area (Å²) in [5.41, 5.74) is 0.707. The zero-order valence-electron chi connectivity index (χ0n) is 13.6. The molecule has 0 radical (unpaired) electrons. The molecule has 1 heterocycles. The van der Waals surface area contributed by atoms with Gasteiger partial charge in [-0.3, -0.25) is 4.79 Å². The number of piperidine rings is 1. The quantitative estimate of drug-likeness (QED) is 0.703. The van der Waals surface area contributed by atoms with Crippen LogP contribution in [0.3, 0.4) is 0 Å². The summed E-state index contributed by atoms with van der Waals surface area (Å²) in [6, 6.07) is 5.31. The smallest absolute Gasteiger partial charge is 0.224 e. The number of rotatable bonds is 8. The molecule has 2 rings (SSSR count). The molecule has 5 heteroatoms. The van der Waals surface area contributed by atoms with Crippen molar-refractivity contribution in [3.8, 4) is 0 Å². The minimum Gasteiger partial charge on any atom is -0.356 e. The van der Waals surface area contributed by atoms with E-state index in [4.69, 9.17) is 23.2 Å². The minimum atomic E-state index is -0.0176. The van der Waals surface area contributed by atoms with Gasteiger partial charge in [0.15, 0.2) is 0 Å². The molecule has 1 N–H and O–H groups in total. The van der Waals surface area contributed by atoms with Gasteiger partial charge in [0.05, 0.1) is 6.42 Å². The normalized spacial score (nSPS) is 15.6. The van der Waals surface area contributed by atoms with Crippen molar-refractivity contribution in [2.24, 2.45) is 0 Å². The van der Waals surface area contributed by atoms with Gasteiger partial charge in [-0.05, 0) is 63.0 Å². The summed E-state index contributed by atoms with van der Waals surface area (Å²) in [5.74, 6) is -0.0176. The lowest BCUT2D eigenvalue weighted by molar-refractivity contribution is -0.120. The van der Waals surface area contributed by atoms with Gasteiger partial charge in [-0.1, -0.05) is 42.1 Å². The number of nitrogens with zero attached hydrogens (tertiary/aromatic N) is 1. The highest BCUT2D eigenvalue weighted by Crippen LogP contribution is 2.24. The van der Waals surface area contributed by atoms with E-state index in [0.717, 1.165) is 19.4 Å². The van der Waals surface area contributed by atoms with Gasteiger partial charge in [-0.15, -0.1) is 0 Å². The molecule has 1 aliphatic heterocycles. The van der Waals surface area contributed by atoms with Gasteiger partial charge in [0.2, 0.25) is 5.91 Å². The van der Waals surface area contributed by atoms with Crippen LogP contribution in [0.25, 0.3) is 0 Å². The number of carbonyl (C=O) groups excluding carboxylic acids is 1. The number of likely N-dealkylation sites (tertiary alicyclic amines) is 1. The Balaban J connectivity index is 1.56. The van der Waals surface area contributed by atoms with Crippen LogP contribution in [0.4, 0.5) is 0 Å². The molecule has 0 unspecified atom stereocenters. The van der Waals surface area contributed by atoms with Crippen LogP contribution in [0.2, 0.25) is 10.0 Å². The van der Waals surface area contributed by atoms with Gasteiger partial charge in [-0.2, -0.15) is 0 Å². The predicted octanol–water partition coefficient (Wildman–Crippen LogP) is 4.31. The van der Waals surface area contributed by atoms with Crippen molar-refractivity contribution in [3.05, 3.63) is 33.8 Å². The largest absolute Gasteiger partial charge is 0.356 e. The van der Waals surface area contributed by atoms with Crippen molar-refractivity contribution >= 4 is 29.1 Å². The average Bonchev–Trinajstić information content (AvgIpc) is 2.55. The Hall–Kier alpha value is -0.770. The fraction of sp³-hybridized carbons (Fsp3) is 0.611. The molecule has 3 nitrogen and oxygen atoms in total. The lowest BCUT2D eigenvalue weighted by Crippen LogP contribution is -2.30. The predicted molar refractivity (Wildman–Crippen MR) is 97.3 cm³/mol. The number of hydrogen-bond acceptors (Lipinski definition) is 2. The van der Waals surface area contributed by atoms with Crippen molar-refractivity contribution in [3.63, 3.8) is 0 Å². The lowest BCUT2D eigenvalue weighted by Gasteiger charge is -2.26. The summed E-state index contributed by atoms with van der Waals surface area (Å²) >= 11 is 12.2. The van der Waals surface area contributed by atoms with Crippen molar-refractivity contribution in [2.75, 3.05) is 26.2 Å². The van der Waals surface area contributed by atoms with Crippen molar-refractivity contribution in [1.82, 2.24) is 10.2 Å². The van der Waals surface area contributed by atoms with Crippen molar-refractivity contribution < 1.29 is 4.79 Å². The third-order valence-electron chi connectivity index (χ3n) is 4.32. The summed E-state index contributed by atoms with van der Waals surface area (Å²) in [4.78, 5) is 14.5. The third kappa shape index (κ3) is 6.70. The summed E-state index contributed by atoms with van der Waals surface area (Å²) in [6.07, 6.45) is 7.72. The van der Waals surface area contributed by atoms with E-state index >= 15 is 0 Å². The zero-order valence-corrected chi connectivity index (χ0v) is 15.1. The van der Waals surface area contributed by atoms with Gasteiger partial charge in [0.25, 0.3) is 0 Å². The molecular formula is C18H26Cl2N2O. The first-order valence-corrected chi connectivity index (χ1v) is 9.34. The summed E-state index contributed by atoms with van der Waals surface area (Å²) in [7, 11) is 0. The van der Waals surface area contributed by atoms with E-state index in [1.807, 2.05) is 0 Å². The second kappa shape index (κ2) is 10.2. The van der Waals surface area contributed by atoms with E-state index in [9.17, 15) is 4.79 Å². The molecule has 1 aliphatic rings. The van der Waals surface area contributed by atoms with Crippen molar-refractivity contribution in [2.45, 2.75) is 44.9 Å². The molecule has 0 aliphatic carbocycles. The molecule has 1 amide bonds. The van der Waals surface area contributed by atoms with E-state index in [1.54, 1.807) is 18.2 Å². The molecular weight excluding hydrogens is 331 g/mol. The third-order valence-corrected chi connectivity index (χ3v) is 5.03. The molecule has 1 aromatic carbocycles. The van der Waals surface area contributed by atoms with Gasteiger partial charge < -0.3 is 10.2 Å². The van der Waals surface area contributed by atoms with Gasteiger partial charge in [0, 0.05) is 16.6 Å². The first kappa shape index (κ1) is 18.6. The molecule has 128 valence electrons. The van der Waals surface area contributed by atoms with E-state index in [1.165, 1.54) is 45.3 Å². The molecule has 0 bridgehead atoms. The van der Waals surface area contributed by atoms with E-state index < -0.39 is 0 Å². The number of amides is 1. The lowest BCUT2D eigenvalue weighted by atomic mass is 10.1. The highest BCUT2D eigenvalue weighted by Gasteiger charge is 2.11. The van der Waals surface area contributed by atoms with Crippen LogP contribution in [0, 0.1) is 0 Å². The number of benzene rings is 1. The van der Waals surface area contributed by atoms with Crippen LogP contribution in [-0.2, 0) is 11.2 Å². The van der Waals surface area contributed by atoms with Gasteiger partial charge in [0.1, 0.15) is 0 Å². The van der Waals surface area contributed by atoms with Crippen LogP contribution in [0.5, 0.6) is 0 Å². The Kier molecular flexibility index (Phi) is 8.21. The van der Waals surface area contributed by atoms with E-state index in [0.29, 0.717) is 15.6 Å². The van der Waals surface area contributed by atoms with Crippen LogP contribution >= 0.6 is 23.2 Å². The standard InChI is InChI=1S/C18H26Cl2N2O/c19-16-8-7-9-17(20)15(16)14-18(23)21-10-3-1-4-11-22-12-5-2-6-13-22/h7-9H,1-6,10-14H2,(H,21,23). The summed E-state index contributed by atoms with van der Waals surface area (Å²) in [5, 5.41) is 4.05. The maximum atomic E-state index is 12.0. The molecule has 23 heavy (non-hydrogen) atoms. The Morgan fingerprint density at radius 1 is 1.04 bits per heavy atom. The monoisotopic (exact) mass is 356 g/mol. The van der Waals surface area contributed by atoms with Crippen LogP contribution in [0.1, 0.15) is 44.1 Å². The van der Waals surface area contributed by atoms with E-state index in [2.05, 4.69) is 10.2 Å². The molecule has 0 aromatic heterocycles. The van der Waals surface area contributed by atoms with Gasteiger partial charge in [-0.25, -0.2) is 0 Å². The second-order valence-electron chi connectivity index (χ2n) is 6.19. The Morgan fingerprint density at radius 3 is 2.43 bits per heavy atom. The molecule has 0 atom stereocenters. The van der Waals surface area contributed by atoms with Crippen molar-refractivity contribution in [1.29, 1.82) is 0 Å². The zero-order chi connectivity index (χ0) is 16.5. The number of carbonyl (C=O) groups is 1. The van der Waals surface area contributed by atoms with Crippen LogP contribution in [-0.4, -0.2) is 37.0 Å².